The van der Waals surface area contributed by atoms with E-state index in [2.05, 4.69) is 28.8 Å². The predicted molar refractivity (Wildman–Crippen MR) is 79.7 cm³/mol. The maximum atomic E-state index is 6.08. The lowest BCUT2D eigenvalue weighted by molar-refractivity contribution is 0.0674. The van der Waals surface area contributed by atoms with Crippen LogP contribution in [0.3, 0.4) is 0 Å². The van der Waals surface area contributed by atoms with Gasteiger partial charge in [-0.25, -0.2) is 4.99 Å². The second-order valence-corrected chi connectivity index (χ2v) is 4.98. The van der Waals surface area contributed by atoms with Crippen LogP contribution in [0.1, 0.15) is 30.8 Å². The first-order valence-electron chi connectivity index (χ1n) is 7.33. The zero-order chi connectivity index (χ0) is 14.5. The van der Waals surface area contributed by atoms with Gasteiger partial charge in [0.05, 0.1) is 25.5 Å². The number of nitrogens with zero attached hydrogens (tertiary/aromatic N) is 4. The lowest BCUT2D eigenvalue weighted by atomic mass is 10.1. The number of morpholine rings is 1. The number of aromatic nitrogens is 2. The van der Waals surface area contributed by atoms with Crippen LogP contribution in [-0.2, 0) is 31.2 Å². The van der Waals surface area contributed by atoms with E-state index in [4.69, 9.17) is 10.5 Å². The van der Waals surface area contributed by atoms with Crippen LogP contribution in [0.2, 0.25) is 0 Å². The molecule has 0 radical (unpaired) electrons. The molecule has 0 atom stereocenters. The van der Waals surface area contributed by atoms with Gasteiger partial charge < -0.3 is 15.4 Å². The van der Waals surface area contributed by atoms with E-state index >= 15 is 0 Å². The average Bonchev–Trinajstić information content (AvgIpc) is 2.80. The third-order valence-electron chi connectivity index (χ3n) is 3.76. The molecule has 0 unspecified atom stereocenters. The van der Waals surface area contributed by atoms with E-state index in [1.165, 1.54) is 11.3 Å². The van der Waals surface area contributed by atoms with E-state index in [9.17, 15) is 0 Å². The van der Waals surface area contributed by atoms with E-state index in [0.717, 1.165) is 44.8 Å². The first-order valence-corrected chi connectivity index (χ1v) is 7.33. The van der Waals surface area contributed by atoms with Gasteiger partial charge in [-0.05, 0) is 12.8 Å². The Morgan fingerprint density at radius 3 is 2.60 bits per heavy atom. The summed E-state index contributed by atoms with van der Waals surface area (Å²) in [6.07, 6.45) is 1.89. The summed E-state index contributed by atoms with van der Waals surface area (Å²) in [7, 11) is 2.00. The fraction of sp³-hybridized carbons (Fsp3) is 0.714. The van der Waals surface area contributed by atoms with Gasteiger partial charge in [0.2, 0.25) is 0 Å². The molecule has 1 fully saturated rings. The Labute approximate surface area is 120 Å². The number of guanidine groups is 1. The second-order valence-electron chi connectivity index (χ2n) is 4.98. The standard InChI is InChI=1S/C14H25N5O/c1-4-12-11(13(5-2)18(3)17-12)10-16-14(15)19-6-8-20-9-7-19/h4-10H2,1-3H3,(H2,15,16). The molecule has 20 heavy (non-hydrogen) atoms. The smallest absolute Gasteiger partial charge is 0.191 e. The minimum Gasteiger partial charge on any atom is -0.378 e. The molecule has 1 aromatic rings. The van der Waals surface area contributed by atoms with Gasteiger partial charge in [0.1, 0.15) is 0 Å². The molecule has 112 valence electrons. The molecule has 1 aliphatic heterocycles. The molecule has 1 aliphatic rings. The van der Waals surface area contributed by atoms with Crippen molar-refractivity contribution in [2.24, 2.45) is 17.8 Å². The summed E-state index contributed by atoms with van der Waals surface area (Å²) in [5.41, 5.74) is 9.69. The van der Waals surface area contributed by atoms with E-state index in [-0.39, 0.29) is 0 Å². The van der Waals surface area contributed by atoms with Crippen molar-refractivity contribution in [2.45, 2.75) is 33.2 Å². The summed E-state index contributed by atoms with van der Waals surface area (Å²) in [5, 5.41) is 4.56. The molecule has 6 heteroatoms. The van der Waals surface area contributed by atoms with Gasteiger partial charge >= 0.3 is 0 Å². The highest BCUT2D eigenvalue weighted by molar-refractivity contribution is 5.78. The lowest BCUT2D eigenvalue weighted by Gasteiger charge is -2.27. The number of nitrogens with two attached hydrogens (primary N) is 1. The fourth-order valence-corrected chi connectivity index (χ4v) is 2.62. The molecule has 0 saturated carbocycles. The number of rotatable bonds is 4. The highest BCUT2D eigenvalue weighted by atomic mass is 16.5. The fourth-order valence-electron chi connectivity index (χ4n) is 2.62. The molecule has 0 amide bonds. The Morgan fingerprint density at radius 1 is 1.30 bits per heavy atom. The highest BCUT2D eigenvalue weighted by Gasteiger charge is 2.15. The van der Waals surface area contributed by atoms with Crippen molar-refractivity contribution in [2.75, 3.05) is 26.3 Å². The zero-order valence-corrected chi connectivity index (χ0v) is 12.7. The van der Waals surface area contributed by atoms with E-state index in [1.54, 1.807) is 0 Å². The van der Waals surface area contributed by atoms with Crippen LogP contribution < -0.4 is 5.73 Å². The summed E-state index contributed by atoms with van der Waals surface area (Å²) in [5.74, 6) is 0.612. The van der Waals surface area contributed by atoms with Crippen LogP contribution in [0.5, 0.6) is 0 Å². The van der Waals surface area contributed by atoms with Gasteiger partial charge in [0.25, 0.3) is 0 Å². The number of aliphatic imine (C=N–C) groups is 1. The molecular formula is C14H25N5O. The summed E-state index contributed by atoms with van der Waals surface area (Å²) >= 11 is 0. The number of hydrogen-bond donors (Lipinski definition) is 1. The lowest BCUT2D eigenvalue weighted by Crippen LogP contribution is -2.44. The van der Waals surface area contributed by atoms with Crippen molar-refractivity contribution < 1.29 is 4.74 Å². The summed E-state index contributed by atoms with van der Waals surface area (Å²) < 4.78 is 7.29. The molecule has 2 N–H and O–H groups in total. The van der Waals surface area contributed by atoms with Gasteiger partial charge in [-0.1, -0.05) is 13.8 Å². The van der Waals surface area contributed by atoms with Gasteiger partial charge in [-0.2, -0.15) is 5.10 Å². The molecule has 0 bridgehead atoms. The van der Waals surface area contributed by atoms with Gasteiger partial charge in [-0.15, -0.1) is 0 Å². The molecule has 2 heterocycles. The van der Waals surface area contributed by atoms with Crippen molar-refractivity contribution in [1.29, 1.82) is 0 Å². The van der Waals surface area contributed by atoms with Crippen molar-refractivity contribution >= 4 is 5.96 Å². The largest absolute Gasteiger partial charge is 0.378 e. The van der Waals surface area contributed by atoms with Crippen LogP contribution in [0.15, 0.2) is 4.99 Å². The van der Waals surface area contributed by atoms with E-state index in [1.807, 2.05) is 11.7 Å². The quantitative estimate of drug-likeness (QED) is 0.650. The number of aryl methyl sites for hydroxylation is 2. The minimum atomic E-state index is 0.612. The normalized spacial score (nSPS) is 16.8. The number of ether oxygens (including phenoxy) is 1. The van der Waals surface area contributed by atoms with Crippen LogP contribution in [0.25, 0.3) is 0 Å². The summed E-state index contributed by atoms with van der Waals surface area (Å²) in [6, 6.07) is 0. The monoisotopic (exact) mass is 279 g/mol. The Hall–Kier alpha value is -1.56. The average molecular weight is 279 g/mol. The summed E-state index contributed by atoms with van der Waals surface area (Å²) in [6.45, 7) is 7.99. The third-order valence-corrected chi connectivity index (χ3v) is 3.76. The maximum Gasteiger partial charge on any atom is 0.191 e. The maximum absolute atomic E-state index is 6.08. The van der Waals surface area contributed by atoms with Crippen LogP contribution in [-0.4, -0.2) is 46.9 Å². The zero-order valence-electron chi connectivity index (χ0n) is 12.7. The second kappa shape index (κ2) is 6.74. The molecule has 1 saturated heterocycles. The van der Waals surface area contributed by atoms with Gasteiger partial charge in [0.15, 0.2) is 5.96 Å². The van der Waals surface area contributed by atoms with Gasteiger partial charge in [0, 0.05) is 31.4 Å². The third kappa shape index (κ3) is 3.12. The van der Waals surface area contributed by atoms with Crippen molar-refractivity contribution in [1.82, 2.24) is 14.7 Å². The van der Waals surface area contributed by atoms with E-state index < -0.39 is 0 Å². The highest BCUT2D eigenvalue weighted by Crippen LogP contribution is 2.16. The first-order chi connectivity index (χ1) is 9.67. The molecule has 2 rings (SSSR count). The van der Waals surface area contributed by atoms with Gasteiger partial charge in [-0.3, -0.25) is 4.68 Å². The molecule has 0 aromatic carbocycles. The Bertz CT molecular complexity index is 474. The SMILES string of the molecule is CCc1nn(C)c(CC)c1CN=C(N)N1CCOCC1. The Balaban J connectivity index is 2.12. The van der Waals surface area contributed by atoms with Crippen LogP contribution >= 0.6 is 0 Å². The van der Waals surface area contributed by atoms with E-state index in [0.29, 0.717) is 12.5 Å². The Kier molecular flexibility index (Phi) is 5.00. The van der Waals surface area contributed by atoms with Crippen molar-refractivity contribution in [3.05, 3.63) is 17.0 Å². The first kappa shape index (κ1) is 14.8. The summed E-state index contributed by atoms with van der Waals surface area (Å²) in [4.78, 5) is 6.64. The topological polar surface area (TPSA) is 68.7 Å². The molecule has 0 aliphatic carbocycles. The predicted octanol–water partition coefficient (Wildman–Crippen LogP) is 0.692. The minimum absolute atomic E-state index is 0.612. The van der Waals surface area contributed by atoms with Crippen molar-refractivity contribution in [3.8, 4) is 0 Å². The molecule has 1 aromatic heterocycles. The molecule has 6 nitrogen and oxygen atoms in total. The van der Waals surface area contributed by atoms with Crippen molar-refractivity contribution in [3.63, 3.8) is 0 Å². The Morgan fingerprint density at radius 2 is 2.00 bits per heavy atom. The number of hydrogen-bond acceptors (Lipinski definition) is 3. The molecular weight excluding hydrogens is 254 g/mol. The van der Waals surface area contributed by atoms with Crippen LogP contribution in [0, 0.1) is 0 Å². The van der Waals surface area contributed by atoms with Crippen LogP contribution in [0.4, 0.5) is 0 Å². The molecule has 0 spiro atoms.